The lowest BCUT2D eigenvalue weighted by Gasteiger charge is -2.58. The van der Waals surface area contributed by atoms with Crippen LogP contribution in [0.1, 0.15) is 58.8 Å². The largest absolute Gasteiger partial charge is 0.390 e. The monoisotopic (exact) mass is 336 g/mol. The number of aliphatic hydroxyl groups is 1. The van der Waals surface area contributed by atoms with E-state index >= 15 is 0 Å². The maximum absolute atomic E-state index is 11.8. The summed E-state index contributed by atoms with van der Waals surface area (Å²) >= 11 is 6.44. The zero-order valence-corrected chi connectivity index (χ0v) is 15.1. The van der Waals surface area contributed by atoms with Crippen molar-refractivity contribution in [3.63, 3.8) is 0 Å². The molecule has 0 amide bonds. The van der Waals surface area contributed by atoms with Gasteiger partial charge in [-0.2, -0.15) is 0 Å². The molecule has 0 aliphatic heterocycles. The minimum Gasteiger partial charge on any atom is -0.390 e. The highest BCUT2D eigenvalue weighted by Crippen LogP contribution is 2.66. The lowest BCUT2D eigenvalue weighted by Crippen LogP contribution is -2.55. The first-order chi connectivity index (χ1) is 10.9. The van der Waals surface area contributed by atoms with Crippen LogP contribution in [0.15, 0.2) is 11.6 Å². The smallest absolute Gasteiger partial charge is 0.155 e. The van der Waals surface area contributed by atoms with Gasteiger partial charge in [-0.1, -0.05) is 12.5 Å². The molecule has 4 aliphatic rings. The fourth-order valence-electron chi connectivity index (χ4n) is 6.87. The minimum absolute atomic E-state index is 0.0133. The van der Waals surface area contributed by atoms with E-state index in [2.05, 4.69) is 6.92 Å². The number of allylic oxidation sites excluding steroid dienone is 1. The minimum atomic E-state index is -0.550. The van der Waals surface area contributed by atoms with E-state index in [0.29, 0.717) is 47.7 Å². The Labute approximate surface area is 144 Å². The van der Waals surface area contributed by atoms with Gasteiger partial charge in [0.15, 0.2) is 5.78 Å². The number of hydrogen-bond donors (Lipinski definition) is 1. The Balaban J connectivity index is 1.72. The van der Waals surface area contributed by atoms with Gasteiger partial charge in [-0.25, -0.2) is 0 Å². The second-order valence-corrected chi connectivity index (χ2v) is 9.37. The molecule has 0 aromatic carbocycles. The van der Waals surface area contributed by atoms with Crippen molar-refractivity contribution in [2.75, 3.05) is 5.88 Å². The first kappa shape index (κ1) is 16.1. The van der Waals surface area contributed by atoms with E-state index in [9.17, 15) is 9.90 Å². The van der Waals surface area contributed by atoms with Crippen molar-refractivity contribution in [3.05, 3.63) is 11.6 Å². The molecule has 7 atom stereocenters. The standard InChI is InChI=1S/C20H29ClO2/c1-19-10-13(11-21)18-15-6-4-14(22)9-12(15)3-5-16(18)17(19)7-8-20(19,2)23/h9,13,15-18,23H,3-8,10-11H2,1-2H3/t13-,15+,16+,17+,18-,19+,20+/m1/s1. The molecule has 0 spiro atoms. The molecule has 128 valence electrons. The summed E-state index contributed by atoms with van der Waals surface area (Å²) in [5.41, 5.74) is 0.872. The van der Waals surface area contributed by atoms with Crippen molar-refractivity contribution in [2.24, 2.45) is 35.0 Å². The zero-order valence-electron chi connectivity index (χ0n) is 14.4. The molecule has 0 aromatic heterocycles. The Morgan fingerprint density at radius 1 is 1.26 bits per heavy atom. The maximum atomic E-state index is 11.8. The molecule has 23 heavy (non-hydrogen) atoms. The number of hydrogen-bond acceptors (Lipinski definition) is 2. The van der Waals surface area contributed by atoms with Crippen LogP contribution in [0.25, 0.3) is 0 Å². The maximum Gasteiger partial charge on any atom is 0.155 e. The molecule has 4 aliphatic carbocycles. The Hall–Kier alpha value is -0.340. The normalized spacial score (nSPS) is 52.4. The highest BCUT2D eigenvalue weighted by atomic mass is 35.5. The Bertz CT molecular complexity index is 552. The summed E-state index contributed by atoms with van der Waals surface area (Å²) in [5.74, 6) is 4.01. The Kier molecular flexibility index (Phi) is 3.74. The van der Waals surface area contributed by atoms with E-state index in [1.54, 1.807) is 0 Å². The van der Waals surface area contributed by atoms with E-state index in [1.165, 1.54) is 12.0 Å². The Morgan fingerprint density at radius 2 is 2.04 bits per heavy atom. The average Bonchev–Trinajstić information content (AvgIpc) is 2.76. The van der Waals surface area contributed by atoms with Gasteiger partial charge in [-0.05, 0) is 86.5 Å². The number of carbonyl (C=O) groups is 1. The molecular formula is C20H29ClO2. The summed E-state index contributed by atoms with van der Waals surface area (Å²) < 4.78 is 0. The van der Waals surface area contributed by atoms with Gasteiger partial charge in [0.1, 0.15) is 0 Å². The molecular weight excluding hydrogens is 308 g/mol. The van der Waals surface area contributed by atoms with Crippen molar-refractivity contribution in [1.82, 2.24) is 0 Å². The molecule has 3 saturated carbocycles. The Morgan fingerprint density at radius 3 is 2.78 bits per heavy atom. The summed E-state index contributed by atoms with van der Waals surface area (Å²) in [6.45, 7) is 4.36. The molecule has 4 rings (SSSR count). The fraction of sp³-hybridized carbons (Fsp3) is 0.850. The van der Waals surface area contributed by atoms with Gasteiger partial charge in [0, 0.05) is 12.3 Å². The topological polar surface area (TPSA) is 37.3 Å². The van der Waals surface area contributed by atoms with Crippen LogP contribution < -0.4 is 0 Å². The van der Waals surface area contributed by atoms with Crippen LogP contribution in [0.3, 0.4) is 0 Å². The van der Waals surface area contributed by atoms with Crippen molar-refractivity contribution in [1.29, 1.82) is 0 Å². The number of ketones is 1. The molecule has 0 bridgehead atoms. The number of carbonyl (C=O) groups excluding carboxylic acids is 1. The molecule has 0 radical (unpaired) electrons. The molecule has 3 fully saturated rings. The van der Waals surface area contributed by atoms with E-state index in [4.69, 9.17) is 11.6 Å². The highest BCUT2D eigenvalue weighted by molar-refractivity contribution is 6.18. The van der Waals surface area contributed by atoms with Crippen LogP contribution >= 0.6 is 11.6 Å². The van der Waals surface area contributed by atoms with Crippen LogP contribution in [0.4, 0.5) is 0 Å². The first-order valence-corrected chi connectivity index (χ1v) is 9.92. The van der Waals surface area contributed by atoms with Gasteiger partial charge in [0.2, 0.25) is 0 Å². The van der Waals surface area contributed by atoms with E-state index < -0.39 is 5.60 Å². The van der Waals surface area contributed by atoms with E-state index in [0.717, 1.165) is 32.1 Å². The molecule has 0 heterocycles. The van der Waals surface area contributed by atoms with Crippen molar-refractivity contribution in [2.45, 2.75) is 64.4 Å². The first-order valence-electron chi connectivity index (χ1n) is 9.39. The van der Waals surface area contributed by atoms with Crippen LogP contribution in [0.5, 0.6) is 0 Å². The summed E-state index contributed by atoms with van der Waals surface area (Å²) in [6, 6.07) is 0. The SMILES string of the molecule is C[C@]1(O)CC[C@H]2[C@@H]3CCC4=CC(=O)CC[C@@H]4[C@H]3[C@@H](CCl)C[C@@]21C. The third kappa shape index (κ3) is 2.20. The molecule has 0 saturated heterocycles. The van der Waals surface area contributed by atoms with Crippen LogP contribution in [0.2, 0.25) is 0 Å². The number of rotatable bonds is 1. The zero-order chi connectivity index (χ0) is 16.4. The lowest BCUT2D eigenvalue weighted by atomic mass is 9.48. The summed E-state index contributed by atoms with van der Waals surface area (Å²) in [6.07, 6.45) is 9.10. The van der Waals surface area contributed by atoms with Crippen LogP contribution in [-0.2, 0) is 4.79 Å². The summed E-state index contributed by atoms with van der Waals surface area (Å²) in [4.78, 5) is 11.8. The number of alkyl halides is 1. The third-order valence-corrected chi connectivity index (χ3v) is 8.58. The van der Waals surface area contributed by atoms with Gasteiger partial charge in [0.25, 0.3) is 0 Å². The second kappa shape index (κ2) is 5.33. The molecule has 1 N–H and O–H groups in total. The number of halogens is 1. The highest BCUT2D eigenvalue weighted by Gasteiger charge is 2.62. The van der Waals surface area contributed by atoms with Crippen molar-refractivity contribution in [3.8, 4) is 0 Å². The predicted octanol–water partition coefficient (Wildman–Crippen LogP) is 4.34. The quantitative estimate of drug-likeness (QED) is 0.723. The van der Waals surface area contributed by atoms with Crippen LogP contribution in [-0.4, -0.2) is 22.4 Å². The van der Waals surface area contributed by atoms with E-state index in [-0.39, 0.29) is 5.41 Å². The lowest BCUT2D eigenvalue weighted by molar-refractivity contribution is -0.127. The summed E-state index contributed by atoms with van der Waals surface area (Å²) in [7, 11) is 0. The van der Waals surface area contributed by atoms with Gasteiger partial charge < -0.3 is 5.11 Å². The van der Waals surface area contributed by atoms with Gasteiger partial charge in [0.05, 0.1) is 5.60 Å². The fourth-order valence-corrected chi connectivity index (χ4v) is 7.19. The predicted molar refractivity (Wildman–Crippen MR) is 92.3 cm³/mol. The average molecular weight is 337 g/mol. The molecule has 0 unspecified atom stereocenters. The molecule has 2 nitrogen and oxygen atoms in total. The van der Waals surface area contributed by atoms with Gasteiger partial charge in [-0.15, -0.1) is 11.6 Å². The van der Waals surface area contributed by atoms with E-state index in [1.807, 2.05) is 13.0 Å². The third-order valence-electron chi connectivity index (χ3n) is 8.19. The summed E-state index contributed by atoms with van der Waals surface area (Å²) in [5, 5.41) is 11.0. The van der Waals surface area contributed by atoms with Crippen molar-refractivity contribution >= 4 is 17.4 Å². The van der Waals surface area contributed by atoms with Crippen LogP contribution in [0, 0.1) is 35.0 Å². The molecule has 3 heteroatoms. The van der Waals surface area contributed by atoms with Gasteiger partial charge >= 0.3 is 0 Å². The second-order valence-electron chi connectivity index (χ2n) is 9.07. The van der Waals surface area contributed by atoms with Crippen molar-refractivity contribution < 1.29 is 9.90 Å². The molecule has 0 aromatic rings. The number of fused-ring (bicyclic) bond motifs is 5. The van der Waals surface area contributed by atoms with Gasteiger partial charge in [-0.3, -0.25) is 4.79 Å².